The molecule has 0 aromatic heterocycles. The Morgan fingerprint density at radius 2 is 1.43 bits per heavy atom. The standard InChI is InChI=1S/C26H38O9/c1-11-15-8-16(33-12(2)27)20-25(7)18(31)9-17(30)24(5,6)21(25)19(32)23(35-14(4)29)26(20,10-15)22(11)34-13(3)28/h15-23,30-32H,1,8-10H2,2-7H3/t15-,16-,17-,18-,19+,20-,21+,22+,23-,25-,26+/m0/s1. The summed E-state index contributed by atoms with van der Waals surface area (Å²) in [5.41, 5.74) is -2.51. The minimum Gasteiger partial charge on any atom is -0.462 e. The van der Waals surface area contributed by atoms with Crippen molar-refractivity contribution in [2.75, 3.05) is 0 Å². The van der Waals surface area contributed by atoms with Crippen LogP contribution in [0.3, 0.4) is 0 Å². The van der Waals surface area contributed by atoms with Crippen molar-refractivity contribution >= 4 is 17.9 Å². The Kier molecular flexibility index (Phi) is 6.18. The van der Waals surface area contributed by atoms with Gasteiger partial charge in [0.25, 0.3) is 0 Å². The second kappa shape index (κ2) is 8.28. The summed E-state index contributed by atoms with van der Waals surface area (Å²) in [4.78, 5) is 36.8. The Bertz CT molecular complexity index is 943. The second-order valence-corrected chi connectivity index (χ2v) is 11.9. The number of hydrogen-bond acceptors (Lipinski definition) is 9. The molecule has 9 nitrogen and oxygen atoms in total. The van der Waals surface area contributed by atoms with Gasteiger partial charge in [0.15, 0.2) is 0 Å². The lowest BCUT2D eigenvalue weighted by Crippen LogP contribution is -2.77. The Balaban J connectivity index is 2.03. The van der Waals surface area contributed by atoms with E-state index >= 15 is 0 Å². The van der Waals surface area contributed by atoms with Crippen LogP contribution in [0.4, 0.5) is 0 Å². The number of ether oxygens (including phenoxy) is 3. The van der Waals surface area contributed by atoms with Gasteiger partial charge in [0.1, 0.15) is 18.3 Å². The number of carbonyl (C=O) groups is 3. The molecule has 0 radical (unpaired) electrons. The van der Waals surface area contributed by atoms with Crippen molar-refractivity contribution in [2.45, 2.75) is 97.4 Å². The molecule has 0 saturated heterocycles. The predicted octanol–water partition coefficient (Wildman–Crippen LogP) is 1.51. The molecule has 0 heterocycles. The lowest BCUT2D eigenvalue weighted by Gasteiger charge is -2.69. The number of carbonyl (C=O) groups excluding carboxylic acids is 3. The van der Waals surface area contributed by atoms with Crippen LogP contribution in [0.5, 0.6) is 0 Å². The van der Waals surface area contributed by atoms with E-state index in [1.165, 1.54) is 20.8 Å². The number of esters is 3. The molecule has 9 heteroatoms. The number of aliphatic hydroxyl groups is 3. The molecule has 0 aromatic rings. The normalized spacial score (nSPS) is 47.8. The van der Waals surface area contributed by atoms with E-state index in [1.807, 2.05) is 20.8 Å². The summed E-state index contributed by atoms with van der Waals surface area (Å²) in [5.74, 6) is -3.26. The van der Waals surface area contributed by atoms with Gasteiger partial charge in [-0.2, -0.15) is 0 Å². The molecular formula is C26H38O9. The van der Waals surface area contributed by atoms with Crippen molar-refractivity contribution in [3.8, 4) is 0 Å². The van der Waals surface area contributed by atoms with E-state index in [-0.39, 0.29) is 12.3 Å². The Labute approximate surface area is 205 Å². The number of aliphatic hydroxyl groups excluding tert-OH is 3. The summed E-state index contributed by atoms with van der Waals surface area (Å²) < 4.78 is 17.5. The van der Waals surface area contributed by atoms with Crippen molar-refractivity contribution in [3.63, 3.8) is 0 Å². The van der Waals surface area contributed by atoms with E-state index in [2.05, 4.69) is 6.58 Å². The first-order valence-electron chi connectivity index (χ1n) is 12.3. The van der Waals surface area contributed by atoms with E-state index in [0.717, 1.165) is 0 Å². The predicted molar refractivity (Wildman–Crippen MR) is 122 cm³/mol. The van der Waals surface area contributed by atoms with Crippen LogP contribution in [0, 0.1) is 34.0 Å². The van der Waals surface area contributed by atoms with Crippen LogP contribution < -0.4 is 0 Å². The number of hydrogen-bond donors (Lipinski definition) is 3. The average molecular weight is 495 g/mol. The van der Waals surface area contributed by atoms with E-state index < -0.39 is 82.6 Å². The second-order valence-electron chi connectivity index (χ2n) is 11.9. The highest BCUT2D eigenvalue weighted by Crippen LogP contribution is 2.73. The maximum Gasteiger partial charge on any atom is 0.303 e. The van der Waals surface area contributed by atoms with Crippen LogP contribution in [-0.4, -0.2) is 69.9 Å². The molecule has 4 aliphatic carbocycles. The summed E-state index contributed by atoms with van der Waals surface area (Å²) in [5, 5.41) is 34.4. The first-order chi connectivity index (χ1) is 16.1. The fourth-order valence-corrected chi connectivity index (χ4v) is 8.66. The molecule has 35 heavy (non-hydrogen) atoms. The molecular weight excluding hydrogens is 456 g/mol. The van der Waals surface area contributed by atoms with Crippen LogP contribution in [0.1, 0.15) is 60.8 Å². The summed E-state index contributed by atoms with van der Waals surface area (Å²) >= 11 is 0. The van der Waals surface area contributed by atoms with Crippen molar-refractivity contribution in [1.82, 2.24) is 0 Å². The van der Waals surface area contributed by atoms with Gasteiger partial charge >= 0.3 is 17.9 Å². The zero-order valence-electron chi connectivity index (χ0n) is 21.3. The molecule has 11 atom stereocenters. The molecule has 4 aliphatic rings. The highest BCUT2D eigenvalue weighted by molar-refractivity contribution is 5.68. The molecule has 196 valence electrons. The van der Waals surface area contributed by atoms with Gasteiger partial charge in [-0.25, -0.2) is 0 Å². The minimum atomic E-state index is -1.29. The first kappa shape index (κ1) is 26.1. The topological polar surface area (TPSA) is 140 Å². The maximum absolute atomic E-state index is 12.4. The smallest absolute Gasteiger partial charge is 0.303 e. The summed E-state index contributed by atoms with van der Waals surface area (Å²) in [6.45, 7) is 13.5. The average Bonchev–Trinajstić information content (AvgIpc) is 2.91. The molecule has 0 aliphatic heterocycles. The Morgan fingerprint density at radius 1 is 0.857 bits per heavy atom. The van der Waals surface area contributed by atoms with Crippen LogP contribution in [0.15, 0.2) is 12.2 Å². The molecule has 2 bridgehead atoms. The zero-order chi connectivity index (χ0) is 26.2. The molecule has 4 rings (SSSR count). The Morgan fingerprint density at radius 3 is 1.97 bits per heavy atom. The third kappa shape index (κ3) is 3.49. The maximum atomic E-state index is 12.4. The van der Waals surface area contributed by atoms with Crippen LogP contribution >= 0.6 is 0 Å². The SMILES string of the molecule is C=C1[C@H]2C[C@H](OC(C)=O)[C@H]3[C@@]4(C)[C@H]([C@@H](O)[C@H](OC(C)=O)[C@@]3(C2)[C@@H]1OC(C)=O)C(C)(C)[C@@H](O)C[C@@H]4O. The minimum absolute atomic E-state index is 0.0624. The highest BCUT2D eigenvalue weighted by atomic mass is 16.6. The van der Waals surface area contributed by atoms with E-state index in [1.54, 1.807) is 0 Å². The summed E-state index contributed by atoms with van der Waals surface area (Å²) in [6, 6.07) is 0. The zero-order valence-corrected chi connectivity index (χ0v) is 21.3. The lowest BCUT2D eigenvalue weighted by atomic mass is 9.37. The third-order valence-electron chi connectivity index (χ3n) is 9.66. The van der Waals surface area contributed by atoms with Gasteiger partial charge in [0.05, 0.1) is 23.7 Å². The van der Waals surface area contributed by atoms with Crippen molar-refractivity contribution in [2.24, 2.45) is 34.0 Å². The lowest BCUT2D eigenvalue weighted by molar-refractivity contribution is -0.323. The quantitative estimate of drug-likeness (QED) is 0.303. The van der Waals surface area contributed by atoms with Gasteiger partial charge < -0.3 is 29.5 Å². The van der Waals surface area contributed by atoms with Gasteiger partial charge in [-0.15, -0.1) is 0 Å². The molecule has 1 spiro atoms. The van der Waals surface area contributed by atoms with Crippen LogP contribution in [0.2, 0.25) is 0 Å². The number of rotatable bonds is 3. The largest absolute Gasteiger partial charge is 0.462 e. The molecule has 0 amide bonds. The van der Waals surface area contributed by atoms with Crippen molar-refractivity contribution in [1.29, 1.82) is 0 Å². The summed E-state index contributed by atoms with van der Waals surface area (Å²) in [7, 11) is 0. The highest BCUT2D eigenvalue weighted by Gasteiger charge is 2.79. The van der Waals surface area contributed by atoms with E-state index in [0.29, 0.717) is 18.4 Å². The molecule has 3 N–H and O–H groups in total. The van der Waals surface area contributed by atoms with Gasteiger partial charge in [0.2, 0.25) is 0 Å². The van der Waals surface area contributed by atoms with Crippen molar-refractivity contribution in [3.05, 3.63) is 12.2 Å². The van der Waals surface area contributed by atoms with Gasteiger partial charge in [-0.05, 0) is 29.7 Å². The molecule has 0 aromatic carbocycles. The first-order valence-corrected chi connectivity index (χ1v) is 12.3. The molecule has 4 fully saturated rings. The van der Waals surface area contributed by atoms with E-state index in [9.17, 15) is 29.7 Å². The fraction of sp³-hybridized carbons (Fsp3) is 0.808. The van der Waals surface area contributed by atoms with Crippen molar-refractivity contribution < 1.29 is 43.9 Å². The van der Waals surface area contributed by atoms with Gasteiger partial charge in [-0.3, -0.25) is 14.4 Å². The molecule has 4 saturated carbocycles. The molecule has 0 unspecified atom stereocenters. The fourth-order valence-electron chi connectivity index (χ4n) is 8.66. The van der Waals surface area contributed by atoms with Crippen LogP contribution in [0.25, 0.3) is 0 Å². The third-order valence-corrected chi connectivity index (χ3v) is 9.66. The number of fused-ring (bicyclic) bond motifs is 3. The van der Waals surface area contributed by atoms with Crippen LogP contribution in [-0.2, 0) is 28.6 Å². The van der Waals surface area contributed by atoms with Gasteiger partial charge in [-0.1, -0.05) is 27.4 Å². The van der Waals surface area contributed by atoms with E-state index in [4.69, 9.17) is 14.2 Å². The van der Waals surface area contributed by atoms with Gasteiger partial charge in [0, 0.05) is 44.4 Å². The Hall–Kier alpha value is -1.97. The monoisotopic (exact) mass is 494 g/mol. The summed E-state index contributed by atoms with van der Waals surface area (Å²) in [6.07, 6.45) is -5.17.